The van der Waals surface area contributed by atoms with E-state index in [1.165, 1.54) is 5.56 Å². The molecule has 0 radical (unpaired) electrons. The Morgan fingerprint density at radius 1 is 1.53 bits per heavy atom. The van der Waals surface area contributed by atoms with Gasteiger partial charge in [-0.05, 0) is 30.9 Å². The number of pyridine rings is 1. The third-order valence-electron chi connectivity index (χ3n) is 3.85. The SMILES string of the molecule is N#Cc1cc2c(nc1N1CCOC(CN)C1)CCC2. The molecule has 0 spiro atoms. The number of aromatic nitrogens is 1. The van der Waals surface area contributed by atoms with Crippen LogP contribution >= 0.6 is 0 Å². The zero-order chi connectivity index (χ0) is 13.2. The van der Waals surface area contributed by atoms with E-state index in [2.05, 4.69) is 11.0 Å². The van der Waals surface area contributed by atoms with Crippen molar-refractivity contribution in [1.82, 2.24) is 4.98 Å². The summed E-state index contributed by atoms with van der Waals surface area (Å²) in [6, 6.07) is 4.29. The Morgan fingerprint density at radius 3 is 3.21 bits per heavy atom. The molecule has 0 bridgehead atoms. The highest BCUT2D eigenvalue weighted by molar-refractivity contribution is 5.57. The summed E-state index contributed by atoms with van der Waals surface area (Å²) in [6.45, 7) is 2.64. The van der Waals surface area contributed by atoms with E-state index in [0.717, 1.165) is 43.9 Å². The first-order chi connectivity index (χ1) is 9.31. The van der Waals surface area contributed by atoms with Gasteiger partial charge in [0.25, 0.3) is 0 Å². The molecule has 1 atom stereocenters. The van der Waals surface area contributed by atoms with Crippen LogP contribution in [0.1, 0.15) is 23.2 Å². The lowest BCUT2D eigenvalue weighted by molar-refractivity contribution is 0.0463. The van der Waals surface area contributed by atoms with Gasteiger partial charge in [0.2, 0.25) is 0 Å². The van der Waals surface area contributed by atoms with Crippen molar-refractivity contribution in [3.63, 3.8) is 0 Å². The normalized spacial score (nSPS) is 22.1. The van der Waals surface area contributed by atoms with Crippen LogP contribution < -0.4 is 10.6 Å². The molecule has 1 aliphatic carbocycles. The highest BCUT2D eigenvalue weighted by Gasteiger charge is 2.24. The molecule has 3 rings (SSSR count). The summed E-state index contributed by atoms with van der Waals surface area (Å²) >= 11 is 0. The Labute approximate surface area is 113 Å². The molecule has 1 fully saturated rings. The van der Waals surface area contributed by atoms with Crippen LogP contribution in [0.3, 0.4) is 0 Å². The van der Waals surface area contributed by atoms with Gasteiger partial charge in [0, 0.05) is 25.3 Å². The third-order valence-corrected chi connectivity index (χ3v) is 3.85. The van der Waals surface area contributed by atoms with E-state index < -0.39 is 0 Å². The number of nitrogens with two attached hydrogens (primary N) is 1. The number of fused-ring (bicyclic) bond motifs is 1. The van der Waals surface area contributed by atoms with Crippen LogP contribution in [0.5, 0.6) is 0 Å². The van der Waals surface area contributed by atoms with Crippen LogP contribution in [0.4, 0.5) is 5.82 Å². The van der Waals surface area contributed by atoms with E-state index in [9.17, 15) is 5.26 Å². The number of nitriles is 1. The molecule has 1 aliphatic heterocycles. The van der Waals surface area contributed by atoms with Crippen molar-refractivity contribution in [2.45, 2.75) is 25.4 Å². The molecule has 0 aromatic carbocycles. The fourth-order valence-corrected chi connectivity index (χ4v) is 2.84. The smallest absolute Gasteiger partial charge is 0.147 e. The van der Waals surface area contributed by atoms with Crippen molar-refractivity contribution < 1.29 is 4.74 Å². The van der Waals surface area contributed by atoms with E-state index in [1.54, 1.807) is 0 Å². The summed E-state index contributed by atoms with van der Waals surface area (Å²) < 4.78 is 5.57. The maximum Gasteiger partial charge on any atom is 0.147 e. The molecule has 2 aliphatic rings. The highest BCUT2D eigenvalue weighted by atomic mass is 16.5. The Bertz CT molecular complexity index is 523. The van der Waals surface area contributed by atoms with Crippen LogP contribution in [0.25, 0.3) is 0 Å². The van der Waals surface area contributed by atoms with Crippen LogP contribution in [0, 0.1) is 11.3 Å². The summed E-state index contributed by atoms with van der Waals surface area (Å²) in [4.78, 5) is 6.86. The predicted octanol–water partition coefficient (Wildman–Crippen LogP) is 0.606. The second kappa shape index (κ2) is 5.16. The molecule has 5 heteroatoms. The quantitative estimate of drug-likeness (QED) is 0.841. The topological polar surface area (TPSA) is 75.2 Å². The molecule has 2 heterocycles. The number of aryl methyl sites for hydroxylation is 2. The second-order valence-electron chi connectivity index (χ2n) is 5.11. The summed E-state index contributed by atoms with van der Waals surface area (Å²) in [7, 11) is 0. The molecule has 1 saturated heterocycles. The Kier molecular flexibility index (Phi) is 3.36. The minimum atomic E-state index is 0.0374. The van der Waals surface area contributed by atoms with E-state index in [4.69, 9.17) is 15.5 Å². The van der Waals surface area contributed by atoms with Gasteiger partial charge < -0.3 is 15.4 Å². The summed E-state index contributed by atoms with van der Waals surface area (Å²) in [5.74, 6) is 0.810. The second-order valence-corrected chi connectivity index (χ2v) is 5.11. The highest BCUT2D eigenvalue weighted by Crippen LogP contribution is 2.27. The van der Waals surface area contributed by atoms with Gasteiger partial charge >= 0.3 is 0 Å². The number of nitrogens with zero attached hydrogens (tertiary/aromatic N) is 3. The Hall–Kier alpha value is -1.64. The van der Waals surface area contributed by atoms with E-state index >= 15 is 0 Å². The number of hydrogen-bond acceptors (Lipinski definition) is 5. The lowest BCUT2D eigenvalue weighted by Crippen LogP contribution is -2.46. The molecule has 19 heavy (non-hydrogen) atoms. The zero-order valence-electron chi connectivity index (χ0n) is 10.9. The van der Waals surface area contributed by atoms with Gasteiger partial charge in [-0.25, -0.2) is 4.98 Å². The van der Waals surface area contributed by atoms with Crippen molar-refractivity contribution in [2.75, 3.05) is 31.1 Å². The van der Waals surface area contributed by atoms with Crippen molar-refractivity contribution in [2.24, 2.45) is 5.73 Å². The summed E-state index contributed by atoms with van der Waals surface area (Å²) in [6.07, 6.45) is 3.26. The van der Waals surface area contributed by atoms with Gasteiger partial charge in [0.05, 0.1) is 18.3 Å². The third kappa shape index (κ3) is 2.29. The molecule has 2 N–H and O–H groups in total. The molecular weight excluding hydrogens is 240 g/mol. The largest absolute Gasteiger partial charge is 0.373 e. The van der Waals surface area contributed by atoms with Crippen molar-refractivity contribution >= 4 is 5.82 Å². The van der Waals surface area contributed by atoms with Gasteiger partial charge in [-0.3, -0.25) is 0 Å². The molecule has 1 aromatic heterocycles. The maximum atomic E-state index is 9.33. The van der Waals surface area contributed by atoms with E-state index in [0.29, 0.717) is 18.7 Å². The number of ether oxygens (including phenoxy) is 1. The van der Waals surface area contributed by atoms with E-state index in [1.807, 2.05) is 6.07 Å². The summed E-state index contributed by atoms with van der Waals surface area (Å²) in [5, 5.41) is 9.33. The molecule has 1 unspecified atom stereocenters. The molecule has 100 valence electrons. The van der Waals surface area contributed by atoms with Crippen LogP contribution in [-0.2, 0) is 17.6 Å². The molecule has 0 saturated carbocycles. The van der Waals surface area contributed by atoms with Crippen molar-refractivity contribution in [1.29, 1.82) is 5.26 Å². The van der Waals surface area contributed by atoms with E-state index in [-0.39, 0.29) is 6.10 Å². The van der Waals surface area contributed by atoms with Gasteiger partial charge in [-0.2, -0.15) is 5.26 Å². The number of anilines is 1. The number of hydrogen-bond donors (Lipinski definition) is 1. The lowest BCUT2D eigenvalue weighted by Gasteiger charge is -2.33. The average molecular weight is 258 g/mol. The number of morpholine rings is 1. The first kappa shape index (κ1) is 12.4. The van der Waals surface area contributed by atoms with Gasteiger partial charge in [-0.15, -0.1) is 0 Å². The zero-order valence-corrected chi connectivity index (χ0v) is 10.9. The molecule has 1 aromatic rings. The van der Waals surface area contributed by atoms with Gasteiger partial charge in [0.15, 0.2) is 0 Å². The Morgan fingerprint density at radius 2 is 2.42 bits per heavy atom. The van der Waals surface area contributed by atoms with Gasteiger partial charge in [0.1, 0.15) is 11.9 Å². The van der Waals surface area contributed by atoms with Crippen LogP contribution in [0.2, 0.25) is 0 Å². The fourth-order valence-electron chi connectivity index (χ4n) is 2.84. The average Bonchev–Trinajstić information content (AvgIpc) is 2.93. The molecule has 0 amide bonds. The number of rotatable bonds is 2. The monoisotopic (exact) mass is 258 g/mol. The predicted molar refractivity (Wildman–Crippen MR) is 72.0 cm³/mol. The van der Waals surface area contributed by atoms with Crippen LogP contribution in [0.15, 0.2) is 6.07 Å². The van der Waals surface area contributed by atoms with Crippen molar-refractivity contribution in [3.05, 3.63) is 22.9 Å². The molecular formula is C14H18N4O. The van der Waals surface area contributed by atoms with Crippen molar-refractivity contribution in [3.8, 4) is 6.07 Å². The standard InChI is InChI=1S/C14H18N4O/c15-7-11-6-10-2-1-3-13(10)17-14(11)18-4-5-19-12(8-16)9-18/h6,12H,1-5,8-9,16H2. The maximum absolute atomic E-state index is 9.33. The van der Waals surface area contributed by atoms with Crippen LogP contribution in [-0.4, -0.2) is 37.3 Å². The summed E-state index contributed by atoms with van der Waals surface area (Å²) in [5.41, 5.74) is 8.74. The first-order valence-electron chi connectivity index (χ1n) is 6.81. The minimum Gasteiger partial charge on any atom is -0.373 e. The lowest BCUT2D eigenvalue weighted by atomic mass is 10.1. The van der Waals surface area contributed by atoms with Gasteiger partial charge in [-0.1, -0.05) is 0 Å². The fraction of sp³-hybridized carbons (Fsp3) is 0.571. The Balaban J connectivity index is 1.93. The first-order valence-corrected chi connectivity index (χ1v) is 6.81. The minimum absolute atomic E-state index is 0.0374. The molecule has 5 nitrogen and oxygen atoms in total.